The topological polar surface area (TPSA) is 62.3 Å². The molecule has 0 aliphatic carbocycles. The van der Waals surface area contributed by atoms with Crippen LogP contribution < -0.4 is 5.32 Å². The van der Waals surface area contributed by atoms with Gasteiger partial charge in [0.25, 0.3) is 5.91 Å². The van der Waals surface area contributed by atoms with Gasteiger partial charge in [0.05, 0.1) is 5.69 Å². The van der Waals surface area contributed by atoms with Crippen molar-refractivity contribution in [2.45, 2.75) is 32.7 Å². The Labute approximate surface area is 154 Å². The summed E-state index contributed by atoms with van der Waals surface area (Å²) in [4.78, 5) is 31.2. The predicted molar refractivity (Wildman–Crippen MR) is 102 cm³/mol. The van der Waals surface area contributed by atoms with Crippen LogP contribution in [-0.4, -0.2) is 40.8 Å². The monoisotopic (exact) mass is 351 g/mol. The van der Waals surface area contributed by atoms with Crippen LogP contribution >= 0.6 is 0 Å². The fourth-order valence-corrected chi connectivity index (χ4v) is 3.26. The summed E-state index contributed by atoms with van der Waals surface area (Å²) in [6.07, 6.45) is 3.10. The number of benzene rings is 1. The van der Waals surface area contributed by atoms with Crippen molar-refractivity contribution in [2.75, 3.05) is 13.1 Å². The van der Waals surface area contributed by atoms with E-state index in [-0.39, 0.29) is 23.8 Å². The minimum Gasteiger partial charge on any atom is -0.354 e. The zero-order chi connectivity index (χ0) is 18.5. The SMILES string of the molecule is CC(C)NC(=O)C1CCN(C(=O)c2ccnc(-c3ccccc3)c2)CC1. The van der Waals surface area contributed by atoms with Crippen LogP contribution in [0.2, 0.25) is 0 Å². The van der Waals surface area contributed by atoms with Gasteiger partial charge in [-0.1, -0.05) is 30.3 Å². The average molecular weight is 351 g/mol. The highest BCUT2D eigenvalue weighted by molar-refractivity contribution is 5.95. The number of aromatic nitrogens is 1. The Morgan fingerprint density at radius 3 is 2.46 bits per heavy atom. The van der Waals surface area contributed by atoms with Gasteiger partial charge in [0.2, 0.25) is 5.91 Å². The van der Waals surface area contributed by atoms with Gasteiger partial charge in [0.1, 0.15) is 0 Å². The second-order valence-electron chi connectivity index (χ2n) is 7.03. The number of carbonyl (C=O) groups is 2. The molecule has 0 unspecified atom stereocenters. The molecule has 1 aromatic heterocycles. The molecule has 1 aliphatic heterocycles. The highest BCUT2D eigenvalue weighted by Crippen LogP contribution is 2.22. The predicted octanol–water partition coefficient (Wildman–Crippen LogP) is 3.13. The molecule has 1 aliphatic rings. The number of nitrogens with one attached hydrogen (secondary N) is 1. The van der Waals surface area contributed by atoms with Gasteiger partial charge < -0.3 is 10.2 Å². The molecule has 2 amide bonds. The fraction of sp³-hybridized carbons (Fsp3) is 0.381. The molecule has 0 radical (unpaired) electrons. The van der Waals surface area contributed by atoms with Gasteiger partial charge in [-0.15, -0.1) is 0 Å². The minimum atomic E-state index is -0.00114. The highest BCUT2D eigenvalue weighted by Gasteiger charge is 2.28. The van der Waals surface area contributed by atoms with Gasteiger partial charge in [-0.05, 0) is 38.8 Å². The summed E-state index contributed by atoms with van der Waals surface area (Å²) in [5.41, 5.74) is 2.43. The molecule has 1 N–H and O–H groups in total. The van der Waals surface area contributed by atoms with Crippen LogP contribution in [0.3, 0.4) is 0 Å². The summed E-state index contributed by atoms with van der Waals surface area (Å²) in [5, 5.41) is 2.96. The number of nitrogens with zero attached hydrogens (tertiary/aromatic N) is 2. The van der Waals surface area contributed by atoms with Crippen LogP contribution in [0.1, 0.15) is 37.0 Å². The first-order valence-electron chi connectivity index (χ1n) is 9.15. The number of piperidine rings is 1. The van der Waals surface area contributed by atoms with Crippen molar-refractivity contribution in [1.82, 2.24) is 15.2 Å². The van der Waals surface area contributed by atoms with E-state index in [1.165, 1.54) is 0 Å². The number of hydrogen-bond acceptors (Lipinski definition) is 3. The van der Waals surface area contributed by atoms with Crippen molar-refractivity contribution in [3.05, 3.63) is 54.2 Å². The van der Waals surface area contributed by atoms with Gasteiger partial charge in [0.15, 0.2) is 0 Å². The third-order valence-corrected chi connectivity index (χ3v) is 4.66. The number of rotatable bonds is 4. The maximum Gasteiger partial charge on any atom is 0.253 e. The van der Waals surface area contributed by atoms with E-state index in [2.05, 4.69) is 10.3 Å². The van der Waals surface area contributed by atoms with Crippen molar-refractivity contribution in [1.29, 1.82) is 0 Å². The van der Waals surface area contributed by atoms with Gasteiger partial charge in [-0.3, -0.25) is 14.6 Å². The van der Waals surface area contributed by atoms with E-state index >= 15 is 0 Å². The third kappa shape index (κ3) is 4.28. The van der Waals surface area contributed by atoms with E-state index in [1.54, 1.807) is 12.3 Å². The first-order valence-corrected chi connectivity index (χ1v) is 9.15. The van der Waals surface area contributed by atoms with Crippen molar-refractivity contribution in [3.8, 4) is 11.3 Å². The molecule has 0 spiro atoms. The second-order valence-corrected chi connectivity index (χ2v) is 7.03. The van der Waals surface area contributed by atoms with Gasteiger partial charge in [0, 0.05) is 42.4 Å². The van der Waals surface area contributed by atoms with E-state index in [9.17, 15) is 9.59 Å². The van der Waals surface area contributed by atoms with Crippen molar-refractivity contribution in [3.63, 3.8) is 0 Å². The smallest absolute Gasteiger partial charge is 0.253 e. The Balaban J connectivity index is 1.65. The zero-order valence-electron chi connectivity index (χ0n) is 15.3. The van der Waals surface area contributed by atoms with Crippen LogP contribution in [0.5, 0.6) is 0 Å². The number of amides is 2. The van der Waals surface area contributed by atoms with E-state index in [4.69, 9.17) is 0 Å². The molecule has 0 saturated carbocycles. The van der Waals surface area contributed by atoms with Gasteiger partial charge in [-0.25, -0.2) is 0 Å². The summed E-state index contributed by atoms with van der Waals surface area (Å²) in [6, 6.07) is 13.6. The lowest BCUT2D eigenvalue weighted by Crippen LogP contribution is -2.44. The Morgan fingerprint density at radius 1 is 1.12 bits per heavy atom. The molecule has 1 saturated heterocycles. The molecule has 1 fully saturated rings. The van der Waals surface area contributed by atoms with Crippen molar-refractivity contribution < 1.29 is 9.59 Å². The standard InChI is InChI=1S/C21H25N3O2/c1-15(2)23-20(25)17-9-12-24(13-10-17)21(26)18-8-11-22-19(14-18)16-6-4-3-5-7-16/h3-8,11,14-15,17H,9-10,12-13H2,1-2H3,(H,23,25). The first-order chi connectivity index (χ1) is 12.5. The molecule has 3 rings (SSSR count). The largest absolute Gasteiger partial charge is 0.354 e. The lowest BCUT2D eigenvalue weighted by atomic mass is 9.95. The highest BCUT2D eigenvalue weighted by atomic mass is 16.2. The molecule has 136 valence electrons. The minimum absolute atomic E-state index is 0.00114. The van der Waals surface area contributed by atoms with E-state index in [1.807, 2.05) is 55.1 Å². The van der Waals surface area contributed by atoms with E-state index < -0.39 is 0 Å². The molecular formula is C21H25N3O2. The molecule has 26 heavy (non-hydrogen) atoms. The number of pyridine rings is 1. The molecule has 0 bridgehead atoms. The van der Waals surface area contributed by atoms with E-state index in [0.717, 1.165) is 11.3 Å². The molecule has 1 aromatic carbocycles. The summed E-state index contributed by atoms with van der Waals surface area (Å²) < 4.78 is 0. The van der Waals surface area contributed by atoms with Gasteiger partial charge in [-0.2, -0.15) is 0 Å². The summed E-state index contributed by atoms with van der Waals surface area (Å²) in [5.74, 6) is 0.105. The maximum atomic E-state index is 12.8. The van der Waals surface area contributed by atoms with E-state index in [0.29, 0.717) is 31.5 Å². The first kappa shape index (κ1) is 18.1. The Kier molecular flexibility index (Phi) is 5.66. The fourth-order valence-electron chi connectivity index (χ4n) is 3.26. The molecule has 2 heterocycles. The second kappa shape index (κ2) is 8.13. The van der Waals surface area contributed by atoms with Crippen LogP contribution in [0.25, 0.3) is 11.3 Å². The quantitative estimate of drug-likeness (QED) is 0.920. The summed E-state index contributed by atoms with van der Waals surface area (Å²) in [7, 11) is 0. The zero-order valence-corrected chi connectivity index (χ0v) is 15.3. The Bertz CT molecular complexity index is 766. The number of likely N-dealkylation sites (tertiary alicyclic amines) is 1. The summed E-state index contributed by atoms with van der Waals surface area (Å²) >= 11 is 0. The molecule has 0 atom stereocenters. The Morgan fingerprint density at radius 2 is 1.81 bits per heavy atom. The molecular weight excluding hydrogens is 326 g/mol. The normalized spacial score (nSPS) is 15.1. The number of hydrogen-bond donors (Lipinski definition) is 1. The van der Waals surface area contributed by atoms with Crippen LogP contribution in [0.15, 0.2) is 48.7 Å². The molecule has 2 aromatic rings. The maximum absolute atomic E-state index is 12.8. The lowest BCUT2D eigenvalue weighted by Gasteiger charge is -2.31. The van der Waals surface area contributed by atoms with Crippen LogP contribution in [0.4, 0.5) is 0 Å². The molecule has 5 heteroatoms. The van der Waals surface area contributed by atoms with Crippen LogP contribution in [0, 0.1) is 5.92 Å². The summed E-state index contributed by atoms with van der Waals surface area (Å²) in [6.45, 7) is 5.14. The van der Waals surface area contributed by atoms with Gasteiger partial charge >= 0.3 is 0 Å². The Hall–Kier alpha value is -2.69. The average Bonchev–Trinajstić information content (AvgIpc) is 2.68. The number of carbonyl (C=O) groups excluding carboxylic acids is 2. The van der Waals surface area contributed by atoms with Crippen molar-refractivity contribution in [2.24, 2.45) is 5.92 Å². The third-order valence-electron chi connectivity index (χ3n) is 4.66. The molecule has 5 nitrogen and oxygen atoms in total. The lowest BCUT2D eigenvalue weighted by molar-refractivity contribution is -0.126. The van der Waals surface area contributed by atoms with Crippen molar-refractivity contribution >= 4 is 11.8 Å². The van der Waals surface area contributed by atoms with Crippen LogP contribution in [-0.2, 0) is 4.79 Å².